The van der Waals surface area contributed by atoms with Crippen molar-refractivity contribution in [1.29, 1.82) is 0 Å². The summed E-state index contributed by atoms with van der Waals surface area (Å²) in [6, 6.07) is -0.0795. The Labute approximate surface area is 161 Å². The normalized spacial score (nSPS) is 15.6. The van der Waals surface area contributed by atoms with Crippen molar-refractivity contribution in [3.63, 3.8) is 0 Å². The summed E-state index contributed by atoms with van der Waals surface area (Å²) in [6.45, 7) is 9.80. The molecule has 0 saturated carbocycles. The predicted molar refractivity (Wildman–Crippen MR) is 107 cm³/mol. The quantitative estimate of drug-likeness (QED) is 0.860. The highest BCUT2D eigenvalue weighted by atomic mass is 16.2. The molecule has 1 aliphatic heterocycles. The van der Waals surface area contributed by atoms with Crippen molar-refractivity contribution in [2.24, 2.45) is 5.92 Å². The molecule has 1 N–H and O–H groups in total. The van der Waals surface area contributed by atoms with Gasteiger partial charge in [0.05, 0.1) is 0 Å². The minimum absolute atomic E-state index is 0.0437. The van der Waals surface area contributed by atoms with Gasteiger partial charge in [0.1, 0.15) is 11.1 Å². The van der Waals surface area contributed by atoms with E-state index in [0.29, 0.717) is 25.6 Å². The molecule has 2 heterocycles. The van der Waals surface area contributed by atoms with E-state index in [-0.39, 0.29) is 23.1 Å². The highest BCUT2D eigenvalue weighted by Gasteiger charge is 2.24. The van der Waals surface area contributed by atoms with E-state index in [2.05, 4.69) is 19.2 Å². The fraction of sp³-hybridized carbons (Fsp3) is 0.667. The van der Waals surface area contributed by atoms with Crippen LogP contribution in [0.4, 0.5) is 0 Å². The van der Waals surface area contributed by atoms with Gasteiger partial charge in [0.2, 0.25) is 5.43 Å². The van der Waals surface area contributed by atoms with E-state index in [4.69, 9.17) is 0 Å². The molecular formula is C21H33N3O3. The predicted octanol–water partition coefficient (Wildman–Crippen LogP) is 3.05. The number of nitrogens with zero attached hydrogens (tertiary/aromatic N) is 2. The van der Waals surface area contributed by atoms with Gasteiger partial charge in [-0.05, 0) is 32.6 Å². The number of nitrogens with one attached hydrogen (secondary N) is 1. The summed E-state index contributed by atoms with van der Waals surface area (Å²) in [5, 5.41) is 2.77. The van der Waals surface area contributed by atoms with E-state index in [1.807, 2.05) is 13.8 Å². The molecule has 27 heavy (non-hydrogen) atoms. The van der Waals surface area contributed by atoms with Crippen LogP contribution in [-0.4, -0.2) is 40.4 Å². The van der Waals surface area contributed by atoms with Crippen molar-refractivity contribution in [3.8, 4) is 0 Å². The third kappa shape index (κ3) is 5.94. The summed E-state index contributed by atoms with van der Waals surface area (Å²) in [7, 11) is 0. The standard InChI is InChI=1S/C21H33N3O3/c1-15(2)12-23-13-17(20(26)22-16(3)4)19(25)18(14-23)21(27)24-10-8-6-5-7-9-11-24/h13-16H,5-12H2,1-4H3,(H,22,26). The SMILES string of the molecule is CC(C)Cn1cc(C(=O)NC(C)C)c(=O)c(C(=O)N2CCCCCCC2)c1. The van der Waals surface area contributed by atoms with Gasteiger partial charge >= 0.3 is 0 Å². The zero-order valence-corrected chi connectivity index (χ0v) is 17.1. The maximum Gasteiger partial charge on any atom is 0.259 e. The number of rotatable bonds is 5. The molecule has 0 spiro atoms. The van der Waals surface area contributed by atoms with Crippen molar-refractivity contribution in [2.45, 2.75) is 72.4 Å². The molecule has 1 aliphatic rings. The molecule has 1 aromatic heterocycles. The first-order valence-electron chi connectivity index (χ1n) is 10.1. The zero-order valence-electron chi connectivity index (χ0n) is 17.1. The Kier molecular flexibility index (Phi) is 7.63. The molecule has 2 rings (SSSR count). The number of pyridine rings is 1. The topological polar surface area (TPSA) is 71.4 Å². The maximum absolute atomic E-state index is 13.1. The lowest BCUT2D eigenvalue weighted by atomic mass is 10.1. The highest BCUT2D eigenvalue weighted by molar-refractivity contribution is 5.99. The number of hydrogen-bond donors (Lipinski definition) is 1. The lowest BCUT2D eigenvalue weighted by Crippen LogP contribution is -2.40. The van der Waals surface area contributed by atoms with Crippen LogP contribution in [-0.2, 0) is 6.54 Å². The van der Waals surface area contributed by atoms with Crippen LogP contribution in [0.15, 0.2) is 17.2 Å². The molecule has 1 saturated heterocycles. The second-order valence-corrected chi connectivity index (χ2v) is 8.19. The molecule has 0 aromatic carbocycles. The van der Waals surface area contributed by atoms with Gasteiger partial charge < -0.3 is 14.8 Å². The average molecular weight is 376 g/mol. The third-order valence-electron chi connectivity index (χ3n) is 4.69. The van der Waals surface area contributed by atoms with Gasteiger partial charge in [0.15, 0.2) is 0 Å². The number of aromatic nitrogens is 1. The number of carbonyl (C=O) groups is 2. The van der Waals surface area contributed by atoms with E-state index >= 15 is 0 Å². The molecule has 0 aliphatic carbocycles. The third-order valence-corrected chi connectivity index (χ3v) is 4.69. The second-order valence-electron chi connectivity index (χ2n) is 8.19. The lowest BCUT2D eigenvalue weighted by molar-refractivity contribution is 0.0740. The van der Waals surface area contributed by atoms with Gasteiger partial charge in [0, 0.05) is 38.1 Å². The monoisotopic (exact) mass is 375 g/mol. The van der Waals surface area contributed by atoms with E-state index in [1.54, 1.807) is 21.9 Å². The molecule has 2 amide bonds. The first-order chi connectivity index (χ1) is 12.8. The molecule has 1 aromatic rings. The Morgan fingerprint density at radius 1 is 0.963 bits per heavy atom. The Balaban J connectivity index is 2.41. The molecular weight excluding hydrogens is 342 g/mol. The van der Waals surface area contributed by atoms with Gasteiger partial charge in [-0.3, -0.25) is 14.4 Å². The van der Waals surface area contributed by atoms with Gasteiger partial charge in [-0.2, -0.15) is 0 Å². The molecule has 0 atom stereocenters. The average Bonchev–Trinajstić information content (AvgIpc) is 2.54. The smallest absolute Gasteiger partial charge is 0.259 e. The molecule has 0 radical (unpaired) electrons. The fourth-order valence-electron chi connectivity index (χ4n) is 3.43. The van der Waals surface area contributed by atoms with E-state index in [1.165, 1.54) is 6.42 Å². The van der Waals surface area contributed by atoms with Gasteiger partial charge in [-0.25, -0.2) is 0 Å². The van der Waals surface area contributed by atoms with Crippen LogP contribution in [0.5, 0.6) is 0 Å². The maximum atomic E-state index is 13.1. The van der Waals surface area contributed by atoms with E-state index < -0.39 is 11.3 Å². The largest absolute Gasteiger partial charge is 0.352 e. The molecule has 6 nitrogen and oxygen atoms in total. The minimum atomic E-state index is -0.472. The van der Waals surface area contributed by atoms with Gasteiger partial charge in [-0.1, -0.05) is 33.1 Å². The first kappa shape index (κ1) is 21.2. The summed E-state index contributed by atoms with van der Waals surface area (Å²) in [6.07, 6.45) is 8.53. The number of carbonyl (C=O) groups excluding carboxylic acids is 2. The van der Waals surface area contributed by atoms with Crippen LogP contribution in [0.3, 0.4) is 0 Å². The number of amides is 2. The van der Waals surface area contributed by atoms with Crippen LogP contribution >= 0.6 is 0 Å². The molecule has 6 heteroatoms. The summed E-state index contributed by atoms with van der Waals surface area (Å²) >= 11 is 0. The lowest BCUT2D eigenvalue weighted by Gasteiger charge is -2.25. The van der Waals surface area contributed by atoms with Crippen molar-refractivity contribution >= 4 is 11.8 Å². The van der Waals surface area contributed by atoms with E-state index in [9.17, 15) is 14.4 Å². The first-order valence-corrected chi connectivity index (χ1v) is 10.1. The van der Waals surface area contributed by atoms with Gasteiger partial charge in [0.25, 0.3) is 11.8 Å². The summed E-state index contributed by atoms with van der Waals surface area (Å²) < 4.78 is 1.80. The summed E-state index contributed by atoms with van der Waals surface area (Å²) in [5.74, 6) is -0.341. The van der Waals surface area contributed by atoms with Crippen LogP contribution < -0.4 is 10.7 Å². The van der Waals surface area contributed by atoms with Crippen LogP contribution in [0.2, 0.25) is 0 Å². The summed E-state index contributed by atoms with van der Waals surface area (Å²) in [4.78, 5) is 40.3. The number of likely N-dealkylation sites (tertiary alicyclic amines) is 1. The Bertz CT molecular complexity index is 714. The van der Waals surface area contributed by atoms with Crippen LogP contribution in [0.1, 0.15) is 80.5 Å². The Morgan fingerprint density at radius 3 is 2.07 bits per heavy atom. The molecule has 150 valence electrons. The fourth-order valence-corrected chi connectivity index (χ4v) is 3.43. The Morgan fingerprint density at radius 2 is 1.52 bits per heavy atom. The van der Waals surface area contributed by atoms with Crippen molar-refractivity contribution < 1.29 is 9.59 Å². The van der Waals surface area contributed by atoms with E-state index in [0.717, 1.165) is 25.7 Å². The molecule has 0 unspecified atom stereocenters. The zero-order chi connectivity index (χ0) is 20.0. The van der Waals surface area contributed by atoms with Crippen molar-refractivity contribution in [2.75, 3.05) is 13.1 Å². The molecule has 0 bridgehead atoms. The van der Waals surface area contributed by atoms with Crippen LogP contribution in [0.25, 0.3) is 0 Å². The molecule has 1 fully saturated rings. The van der Waals surface area contributed by atoms with Crippen molar-refractivity contribution in [1.82, 2.24) is 14.8 Å². The number of hydrogen-bond acceptors (Lipinski definition) is 3. The Hall–Kier alpha value is -2.11. The van der Waals surface area contributed by atoms with Crippen molar-refractivity contribution in [3.05, 3.63) is 33.7 Å². The van der Waals surface area contributed by atoms with Crippen LogP contribution in [0, 0.1) is 5.92 Å². The minimum Gasteiger partial charge on any atom is -0.352 e. The second kappa shape index (κ2) is 9.72. The van der Waals surface area contributed by atoms with Gasteiger partial charge in [-0.15, -0.1) is 0 Å². The highest BCUT2D eigenvalue weighted by Crippen LogP contribution is 2.13. The summed E-state index contributed by atoms with van der Waals surface area (Å²) in [5.41, 5.74) is -0.324.